The highest BCUT2D eigenvalue weighted by Crippen LogP contribution is 2.24. The first-order chi connectivity index (χ1) is 15.2. The Hall–Kier alpha value is -3.80. The Morgan fingerprint density at radius 3 is 2.55 bits per heavy atom. The van der Waals surface area contributed by atoms with Crippen LogP contribution in [0.1, 0.15) is 16.7 Å². The van der Waals surface area contributed by atoms with Gasteiger partial charge in [0.15, 0.2) is 0 Å². The van der Waals surface area contributed by atoms with E-state index in [9.17, 15) is 4.79 Å². The SMILES string of the molecule is COc1ccc(OC)c(CCNC(=O)/C=C/c2ccc(OCc3cccnc3)cc2)c1. The number of aromatic nitrogens is 1. The van der Waals surface area contributed by atoms with Gasteiger partial charge in [0.2, 0.25) is 5.91 Å². The molecule has 0 saturated heterocycles. The molecule has 31 heavy (non-hydrogen) atoms. The fourth-order valence-corrected chi connectivity index (χ4v) is 2.95. The lowest BCUT2D eigenvalue weighted by atomic mass is 10.1. The van der Waals surface area contributed by atoms with Crippen molar-refractivity contribution in [3.05, 3.63) is 89.8 Å². The lowest BCUT2D eigenvalue weighted by Gasteiger charge is -2.10. The van der Waals surface area contributed by atoms with E-state index in [2.05, 4.69) is 10.3 Å². The Balaban J connectivity index is 1.45. The first kappa shape index (κ1) is 21.9. The minimum Gasteiger partial charge on any atom is -0.497 e. The predicted octanol–water partition coefficient (Wildman–Crippen LogP) is 4.05. The van der Waals surface area contributed by atoms with Gasteiger partial charge in [-0.05, 0) is 60.0 Å². The van der Waals surface area contributed by atoms with Crippen LogP contribution in [0.5, 0.6) is 17.2 Å². The number of pyridine rings is 1. The zero-order valence-corrected chi connectivity index (χ0v) is 17.7. The van der Waals surface area contributed by atoms with Crippen molar-refractivity contribution in [1.29, 1.82) is 0 Å². The Bertz CT molecular complexity index is 1000. The molecule has 1 N–H and O–H groups in total. The Labute approximate surface area is 182 Å². The molecular weight excluding hydrogens is 392 g/mol. The third-order valence-corrected chi connectivity index (χ3v) is 4.62. The van der Waals surface area contributed by atoms with Crippen LogP contribution in [0.15, 0.2) is 73.1 Å². The maximum atomic E-state index is 12.1. The number of benzene rings is 2. The molecule has 0 radical (unpaired) electrons. The number of methoxy groups -OCH3 is 2. The van der Waals surface area contributed by atoms with Crippen LogP contribution in [0, 0.1) is 0 Å². The molecule has 1 heterocycles. The number of hydrogen-bond donors (Lipinski definition) is 1. The lowest BCUT2D eigenvalue weighted by molar-refractivity contribution is -0.116. The van der Waals surface area contributed by atoms with Crippen LogP contribution in [0.4, 0.5) is 0 Å². The number of amides is 1. The summed E-state index contributed by atoms with van der Waals surface area (Å²) in [5.74, 6) is 2.14. The molecular formula is C25H26N2O4. The van der Waals surface area contributed by atoms with Crippen LogP contribution in [0.25, 0.3) is 6.08 Å². The summed E-state index contributed by atoms with van der Waals surface area (Å²) in [5, 5.41) is 2.89. The molecule has 1 amide bonds. The van der Waals surface area contributed by atoms with Gasteiger partial charge in [0.05, 0.1) is 14.2 Å². The molecule has 0 aliphatic rings. The van der Waals surface area contributed by atoms with Crippen molar-refractivity contribution in [1.82, 2.24) is 10.3 Å². The minimum absolute atomic E-state index is 0.154. The summed E-state index contributed by atoms with van der Waals surface area (Å²) in [6, 6.07) is 17.0. The van der Waals surface area contributed by atoms with Gasteiger partial charge in [0.1, 0.15) is 23.9 Å². The second kappa shape index (κ2) is 11.4. The van der Waals surface area contributed by atoms with E-state index >= 15 is 0 Å². The number of ether oxygens (including phenoxy) is 3. The Kier molecular flexibility index (Phi) is 8.05. The van der Waals surface area contributed by atoms with Gasteiger partial charge in [-0.2, -0.15) is 0 Å². The summed E-state index contributed by atoms with van der Waals surface area (Å²) in [6.07, 6.45) is 7.44. The van der Waals surface area contributed by atoms with Gasteiger partial charge in [-0.3, -0.25) is 9.78 Å². The van der Waals surface area contributed by atoms with E-state index in [1.165, 1.54) is 6.08 Å². The van der Waals surface area contributed by atoms with Gasteiger partial charge < -0.3 is 19.5 Å². The molecule has 0 atom stereocenters. The number of rotatable bonds is 10. The van der Waals surface area contributed by atoms with E-state index in [-0.39, 0.29) is 5.91 Å². The minimum atomic E-state index is -0.154. The van der Waals surface area contributed by atoms with Crippen molar-refractivity contribution in [2.75, 3.05) is 20.8 Å². The highest BCUT2D eigenvalue weighted by Gasteiger charge is 2.05. The van der Waals surface area contributed by atoms with Crippen LogP contribution in [0.3, 0.4) is 0 Å². The average molecular weight is 418 g/mol. The molecule has 0 aliphatic carbocycles. The van der Waals surface area contributed by atoms with E-state index in [1.54, 1.807) is 32.7 Å². The van der Waals surface area contributed by atoms with Crippen LogP contribution in [-0.4, -0.2) is 31.7 Å². The number of nitrogens with one attached hydrogen (secondary N) is 1. The van der Waals surface area contributed by atoms with Gasteiger partial charge in [-0.15, -0.1) is 0 Å². The van der Waals surface area contributed by atoms with Gasteiger partial charge in [-0.25, -0.2) is 0 Å². The Morgan fingerprint density at radius 2 is 1.84 bits per heavy atom. The summed E-state index contributed by atoms with van der Waals surface area (Å²) in [7, 11) is 3.25. The molecule has 0 spiro atoms. The quantitative estimate of drug-likeness (QED) is 0.503. The summed E-state index contributed by atoms with van der Waals surface area (Å²) >= 11 is 0. The third-order valence-electron chi connectivity index (χ3n) is 4.62. The van der Waals surface area contributed by atoms with Crippen LogP contribution in [-0.2, 0) is 17.8 Å². The smallest absolute Gasteiger partial charge is 0.244 e. The van der Waals surface area contributed by atoms with Crippen molar-refractivity contribution in [2.45, 2.75) is 13.0 Å². The lowest BCUT2D eigenvalue weighted by Crippen LogP contribution is -2.23. The monoisotopic (exact) mass is 418 g/mol. The third kappa shape index (κ3) is 6.89. The molecule has 1 aromatic heterocycles. The maximum Gasteiger partial charge on any atom is 0.244 e. The zero-order chi connectivity index (χ0) is 21.9. The van der Waals surface area contributed by atoms with Gasteiger partial charge in [0, 0.05) is 30.6 Å². The van der Waals surface area contributed by atoms with Crippen LogP contribution < -0.4 is 19.5 Å². The van der Waals surface area contributed by atoms with Crippen molar-refractivity contribution >= 4 is 12.0 Å². The summed E-state index contributed by atoms with van der Waals surface area (Å²) in [4.78, 5) is 16.2. The summed E-state index contributed by atoms with van der Waals surface area (Å²) in [6.45, 7) is 0.956. The molecule has 3 aromatic rings. The topological polar surface area (TPSA) is 69.7 Å². The van der Waals surface area contributed by atoms with E-state index in [1.807, 2.05) is 54.6 Å². The van der Waals surface area contributed by atoms with Crippen LogP contribution in [0.2, 0.25) is 0 Å². The van der Waals surface area contributed by atoms with E-state index < -0.39 is 0 Å². The number of carbonyl (C=O) groups excluding carboxylic acids is 1. The number of nitrogens with zero attached hydrogens (tertiary/aromatic N) is 1. The second-order valence-corrected chi connectivity index (χ2v) is 6.77. The highest BCUT2D eigenvalue weighted by molar-refractivity contribution is 5.91. The largest absolute Gasteiger partial charge is 0.497 e. The number of hydrogen-bond acceptors (Lipinski definition) is 5. The second-order valence-electron chi connectivity index (χ2n) is 6.77. The first-order valence-electron chi connectivity index (χ1n) is 9.96. The van der Waals surface area contributed by atoms with E-state index in [0.29, 0.717) is 19.6 Å². The highest BCUT2D eigenvalue weighted by atomic mass is 16.5. The van der Waals surface area contributed by atoms with Gasteiger partial charge in [0.25, 0.3) is 0 Å². The molecule has 3 rings (SSSR count). The normalized spacial score (nSPS) is 10.6. The molecule has 0 unspecified atom stereocenters. The molecule has 0 aliphatic heterocycles. The van der Waals surface area contributed by atoms with Crippen LogP contribution >= 0.6 is 0 Å². The molecule has 6 nitrogen and oxygen atoms in total. The fourth-order valence-electron chi connectivity index (χ4n) is 2.95. The van der Waals surface area contributed by atoms with Gasteiger partial charge >= 0.3 is 0 Å². The fraction of sp³-hybridized carbons (Fsp3) is 0.200. The molecule has 0 bridgehead atoms. The van der Waals surface area contributed by atoms with Crippen molar-refractivity contribution in [2.24, 2.45) is 0 Å². The molecule has 0 saturated carbocycles. The zero-order valence-electron chi connectivity index (χ0n) is 17.7. The standard InChI is InChI=1S/C25H26N2O4/c1-29-23-10-11-24(30-2)21(16-23)13-15-27-25(28)12-7-19-5-8-22(9-6-19)31-18-20-4-3-14-26-17-20/h3-12,14,16-17H,13,15,18H2,1-2H3,(H,27,28)/b12-7+. The summed E-state index contributed by atoms with van der Waals surface area (Å²) < 4.78 is 16.4. The molecule has 160 valence electrons. The molecule has 6 heteroatoms. The van der Waals surface area contributed by atoms with E-state index in [4.69, 9.17) is 14.2 Å². The van der Waals surface area contributed by atoms with Crippen molar-refractivity contribution < 1.29 is 19.0 Å². The maximum absolute atomic E-state index is 12.1. The first-order valence-corrected chi connectivity index (χ1v) is 9.96. The van der Waals surface area contributed by atoms with E-state index in [0.717, 1.165) is 33.9 Å². The predicted molar refractivity (Wildman–Crippen MR) is 120 cm³/mol. The Morgan fingerprint density at radius 1 is 1.03 bits per heavy atom. The average Bonchev–Trinajstić information content (AvgIpc) is 2.82. The summed E-state index contributed by atoms with van der Waals surface area (Å²) in [5.41, 5.74) is 2.90. The van der Waals surface area contributed by atoms with Gasteiger partial charge in [-0.1, -0.05) is 18.2 Å². The van der Waals surface area contributed by atoms with Crippen molar-refractivity contribution in [3.63, 3.8) is 0 Å². The molecule has 2 aromatic carbocycles. The molecule has 0 fully saturated rings. The number of carbonyl (C=O) groups is 1. The van der Waals surface area contributed by atoms with Crippen molar-refractivity contribution in [3.8, 4) is 17.2 Å².